The van der Waals surface area contributed by atoms with E-state index in [1.54, 1.807) is 30.4 Å². The van der Waals surface area contributed by atoms with E-state index in [0.717, 1.165) is 22.0 Å². The van der Waals surface area contributed by atoms with E-state index in [9.17, 15) is 4.79 Å². The number of carbonyl (C=O) groups is 1. The minimum Gasteiger partial charge on any atom is -0.497 e. The lowest BCUT2D eigenvalue weighted by molar-refractivity contribution is -0.127. The molecule has 9 heteroatoms. The molecule has 0 bridgehead atoms. The predicted octanol–water partition coefficient (Wildman–Crippen LogP) is 3.18. The van der Waals surface area contributed by atoms with E-state index in [1.807, 2.05) is 36.6 Å². The highest BCUT2D eigenvalue weighted by Crippen LogP contribution is 2.19. The number of aryl methyl sites for hydroxylation is 1. The summed E-state index contributed by atoms with van der Waals surface area (Å²) in [4.78, 5) is 18.4. The Bertz CT molecular complexity index is 892. The number of thioether (sulfide) groups is 1. The summed E-state index contributed by atoms with van der Waals surface area (Å²) in [5, 5.41) is 11.4. The van der Waals surface area contributed by atoms with E-state index in [-0.39, 0.29) is 11.7 Å². The Morgan fingerprint density at radius 1 is 1.30 bits per heavy atom. The van der Waals surface area contributed by atoms with Crippen LogP contribution in [0.1, 0.15) is 22.2 Å². The monoisotopic (exact) mass is 404 g/mol. The number of rotatable bonds is 8. The first kappa shape index (κ1) is 19.4. The largest absolute Gasteiger partial charge is 0.497 e. The van der Waals surface area contributed by atoms with Gasteiger partial charge in [-0.1, -0.05) is 23.9 Å². The molecule has 0 N–H and O–H groups in total. The molecule has 0 radical (unpaired) electrons. The van der Waals surface area contributed by atoms with Crippen molar-refractivity contribution >= 4 is 29.0 Å². The molecule has 3 aromatic rings. The van der Waals surface area contributed by atoms with Crippen LogP contribution in [0.25, 0.3) is 0 Å². The zero-order valence-electron chi connectivity index (χ0n) is 15.3. The summed E-state index contributed by atoms with van der Waals surface area (Å²) in [6, 6.07) is 7.65. The molecule has 142 valence electrons. The van der Waals surface area contributed by atoms with Crippen molar-refractivity contribution in [1.82, 2.24) is 20.1 Å². The molecule has 1 aromatic carbocycles. The summed E-state index contributed by atoms with van der Waals surface area (Å²) in [5.74, 6) is 1.53. The van der Waals surface area contributed by atoms with Crippen molar-refractivity contribution < 1.29 is 13.9 Å². The molecule has 1 amide bonds. The van der Waals surface area contributed by atoms with Crippen LogP contribution in [0.2, 0.25) is 0 Å². The maximum atomic E-state index is 12.3. The Morgan fingerprint density at radius 3 is 2.74 bits per heavy atom. The zero-order valence-corrected chi connectivity index (χ0v) is 17.0. The molecule has 27 heavy (non-hydrogen) atoms. The lowest BCUT2D eigenvalue weighted by Gasteiger charge is -2.16. The molecule has 7 nitrogen and oxygen atoms in total. The second-order valence-corrected chi connectivity index (χ2v) is 7.87. The van der Waals surface area contributed by atoms with Gasteiger partial charge >= 0.3 is 0 Å². The smallest absolute Gasteiger partial charge is 0.277 e. The van der Waals surface area contributed by atoms with Crippen LogP contribution in [0.15, 0.2) is 39.3 Å². The van der Waals surface area contributed by atoms with Crippen molar-refractivity contribution in [2.24, 2.45) is 0 Å². The first-order valence-electron chi connectivity index (χ1n) is 8.26. The lowest BCUT2D eigenvalue weighted by Crippen LogP contribution is -2.27. The summed E-state index contributed by atoms with van der Waals surface area (Å²) < 4.78 is 10.7. The third-order valence-electron chi connectivity index (χ3n) is 3.77. The fraction of sp³-hybridized carbons (Fsp3) is 0.333. The van der Waals surface area contributed by atoms with Crippen LogP contribution in [0, 0.1) is 6.92 Å². The highest BCUT2D eigenvalue weighted by molar-refractivity contribution is 7.99. The Morgan fingerprint density at radius 2 is 2.07 bits per heavy atom. The lowest BCUT2D eigenvalue weighted by atomic mass is 10.2. The molecule has 0 fully saturated rings. The van der Waals surface area contributed by atoms with Gasteiger partial charge in [-0.3, -0.25) is 4.79 Å². The molecular formula is C18H20N4O3S2. The average Bonchev–Trinajstić information content (AvgIpc) is 3.29. The number of carbonyl (C=O) groups excluding carboxylic acids is 1. The van der Waals surface area contributed by atoms with Crippen LogP contribution >= 0.6 is 23.1 Å². The standard InChI is InChI=1S/C18H20N4O3S2/c1-12-19-14(10-26-12)8-16-20-21-18(25-16)27-11-17(23)22(2)9-13-4-6-15(24-3)7-5-13/h4-7,10H,8-9,11H2,1-3H3. The molecule has 0 unspecified atom stereocenters. The molecule has 0 aliphatic carbocycles. The minimum atomic E-state index is -0.00862. The maximum absolute atomic E-state index is 12.3. The first-order valence-corrected chi connectivity index (χ1v) is 10.1. The third kappa shape index (κ3) is 5.54. The van der Waals surface area contributed by atoms with Gasteiger partial charge in [0.1, 0.15) is 5.75 Å². The van der Waals surface area contributed by atoms with Crippen LogP contribution in [-0.4, -0.2) is 45.9 Å². The number of hydrogen-bond donors (Lipinski definition) is 0. The molecule has 0 aliphatic heterocycles. The van der Waals surface area contributed by atoms with Gasteiger partial charge in [0, 0.05) is 19.0 Å². The Balaban J connectivity index is 1.48. The number of amides is 1. The molecule has 0 spiro atoms. The SMILES string of the molecule is COc1ccc(CN(C)C(=O)CSc2nnc(Cc3csc(C)n3)o2)cc1. The normalized spacial score (nSPS) is 10.8. The molecular weight excluding hydrogens is 384 g/mol. The van der Waals surface area contributed by atoms with Gasteiger partial charge in [-0.2, -0.15) is 0 Å². The zero-order chi connectivity index (χ0) is 19.2. The quantitative estimate of drug-likeness (QED) is 0.533. The van der Waals surface area contributed by atoms with E-state index in [0.29, 0.717) is 24.1 Å². The van der Waals surface area contributed by atoms with Crippen LogP contribution < -0.4 is 4.74 Å². The molecule has 0 saturated carbocycles. The highest BCUT2D eigenvalue weighted by Gasteiger charge is 2.14. The first-order chi connectivity index (χ1) is 13.0. The van der Waals surface area contributed by atoms with E-state index >= 15 is 0 Å². The molecule has 0 saturated heterocycles. The number of aromatic nitrogens is 3. The van der Waals surface area contributed by atoms with E-state index in [4.69, 9.17) is 9.15 Å². The van der Waals surface area contributed by atoms with Gasteiger partial charge in [0.2, 0.25) is 11.8 Å². The molecule has 2 aromatic heterocycles. The summed E-state index contributed by atoms with van der Waals surface area (Å²) in [6.07, 6.45) is 0.503. The average molecular weight is 405 g/mol. The third-order valence-corrected chi connectivity index (χ3v) is 5.40. The van der Waals surface area contributed by atoms with Crippen LogP contribution in [0.4, 0.5) is 0 Å². The van der Waals surface area contributed by atoms with Crippen molar-refractivity contribution in [3.8, 4) is 5.75 Å². The number of thiazole rings is 1. The van der Waals surface area contributed by atoms with Crippen LogP contribution in [0.3, 0.4) is 0 Å². The summed E-state index contributed by atoms with van der Waals surface area (Å²) in [7, 11) is 3.40. The van der Waals surface area contributed by atoms with Gasteiger partial charge in [-0.15, -0.1) is 21.5 Å². The Hall–Kier alpha value is -2.39. The number of benzene rings is 1. The van der Waals surface area contributed by atoms with Crippen molar-refractivity contribution in [1.29, 1.82) is 0 Å². The van der Waals surface area contributed by atoms with Gasteiger partial charge < -0.3 is 14.1 Å². The molecule has 0 atom stereocenters. The predicted molar refractivity (Wildman–Crippen MR) is 104 cm³/mol. The van der Waals surface area contributed by atoms with E-state index in [1.165, 1.54) is 11.8 Å². The van der Waals surface area contributed by atoms with Crippen LogP contribution in [0.5, 0.6) is 5.75 Å². The fourth-order valence-electron chi connectivity index (χ4n) is 2.34. The Labute approximate surface area is 165 Å². The molecule has 2 heterocycles. The van der Waals surface area contributed by atoms with Crippen molar-refractivity contribution in [3.05, 3.63) is 51.8 Å². The van der Waals surface area contributed by atoms with Crippen LogP contribution in [-0.2, 0) is 17.8 Å². The fourth-order valence-corrected chi connectivity index (χ4v) is 3.67. The Kier molecular flexibility index (Phi) is 6.46. The number of methoxy groups -OCH3 is 1. The van der Waals surface area contributed by atoms with Gasteiger partial charge in [0.15, 0.2) is 0 Å². The van der Waals surface area contributed by atoms with Gasteiger partial charge in [0.25, 0.3) is 5.22 Å². The summed E-state index contributed by atoms with van der Waals surface area (Å²) in [6.45, 7) is 2.49. The summed E-state index contributed by atoms with van der Waals surface area (Å²) >= 11 is 2.83. The molecule has 0 aliphatic rings. The van der Waals surface area contributed by atoms with Crippen molar-refractivity contribution in [3.63, 3.8) is 0 Å². The van der Waals surface area contributed by atoms with E-state index in [2.05, 4.69) is 15.2 Å². The minimum absolute atomic E-state index is 0.00862. The van der Waals surface area contributed by atoms with Crippen molar-refractivity contribution in [2.45, 2.75) is 25.1 Å². The van der Waals surface area contributed by atoms with Gasteiger partial charge in [0.05, 0.1) is 30.0 Å². The second kappa shape index (κ2) is 9.01. The number of hydrogen-bond acceptors (Lipinski definition) is 8. The number of ether oxygens (including phenoxy) is 1. The maximum Gasteiger partial charge on any atom is 0.277 e. The van der Waals surface area contributed by atoms with Crippen molar-refractivity contribution in [2.75, 3.05) is 19.9 Å². The van der Waals surface area contributed by atoms with Gasteiger partial charge in [-0.25, -0.2) is 4.98 Å². The number of nitrogens with zero attached hydrogens (tertiary/aromatic N) is 4. The molecule has 3 rings (SSSR count). The topological polar surface area (TPSA) is 81.4 Å². The van der Waals surface area contributed by atoms with Gasteiger partial charge in [-0.05, 0) is 24.6 Å². The second-order valence-electron chi connectivity index (χ2n) is 5.88. The highest BCUT2D eigenvalue weighted by atomic mass is 32.2. The van der Waals surface area contributed by atoms with E-state index < -0.39 is 0 Å². The summed E-state index contributed by atoms with van der Waals surface area (Å²) in [5.41, 5.74) is 1.95.